The average molecular weight is 342 g/mol. The zero-order chi connectivity index (χ0) is 17.6. The highest BCUT2D eigenvalue weighted by molar-refractivity contribution is 5.66. The third-order valence-electron chi connectivity index (χ3n) is 5.80. The fraction of sp³-hybridized carbons (Fsp3) is 0.565. The van der Waals surface area contributed by atoms with Gasteiger partial charge in [-0.15, -0.1) is 5.92 Å². The molecule has 0 amide bonds. The molecule has 2 aliphatic carbocycles. The van der Waals surface area contributed by atoms with E-state index in [4.69, 9.17) is 0 Å². The van der Waals surface area contributed by atoms with Gasteiger partial charge in [0.2, 0.25) is 0 Å². The summed E-state index contributed by atoms with van der Waals surface area (Å²) in [6, 6.07) is 3.85. The van der Waals surface area contributed by atoms with Crippen LogP contribution in [0.15, 0.2) is 24.3 Å². The summed E-state index contributed by atoms with van der Waals surface area (Å²) in [5.74, 6) is 7.92. The predicted molar refractivity (Wildman–Crippen MR) is 99.8 cm³/mol. The second-order valence-corrected chi connectivity index (χ2v) is 7.60. The van der Waals surface area contributed by atoms with Crippen molar-refractivity contribution in [1.29, 1.82) is 0 Å². The maximum atomic E-state index is 13.4. The molecule has 134 valence electrons. The molecule has 1 saturated carbocycles. The smallest absolute Gasteiger partial charge is 0.126 e. The average Bonchev–Trinajstić information content (AvgIpc) is 2.62. The van der Waals surface area contributed by atoms with Crippen LogP contribution in [0.2, 0.25) is 0 Å². The van der Waals surface area contributed by atoms with Crippen molar-refractivity contribution in [3.8, 4) is 11.8 Å². The summed E-state index contributed by atoms with van der Waals surface area (Å²) in [5, 5.41) is 0. The fourth-order valence-corrected chi connectivity index (χ4v) is 4.36. The van der Waals surface area contributed by atoms with Crippen molar-refractivity contribution in [1.82, 2.24) is 0 Å². The van der Waals surface area contributed by atoms with Crippen molar-refractivity contribution >= 4 is 5.57 Å². The van der Waals surface area contributed by atoms with Crippen LogP contribution in [0.25, 0.3) is 5.57 Å². The highest BCUT2D eigenvalue weighted by Gasteiger charge is 2.28. The van der Waals surface area contributed by atoms with Crippen LogP contribution >= 0.6 is 0 Å². The molecule has 0 aromatic heterocycles. The zero-order valence-electron chi connectivity index (χ0n) is 15.2. The van der Waals surface area contributed by atoms with E-state index in [1.54, 1.807) is 0 Å². The van der Waals surface area contributed by atoms with Gasteiger partial charge in [0.15, 0.2) is 0 Å². The standard InChI is InChI=1S/C23H28F2/c1-2-3-4-5-17-6-8-18(9-7-17)19-10-12-20(13-11-19)21-14-22(24)16-23(25)15-21/h12,14-19H,2-3,6-11,13H2,1H3. The van der Waals surface area contributed by atoms with Crippen LogP contribution in [0.5, 0.6) is 0 Å². The second kappa shape index (κ2) is 8.65. The molecule has 0 N–H and O–H groups in total. The monoisotopic (exact) mass is 342 g/mol. The van der Waals surface area contributed by atoms with Gasteiger partial charge in [-0.25, -0.2) is 8.78 Å². The molecule has 1 atom stereocenters. The van der Waals surface area contributed by atoms with Crippen LogP contribution in [0.4, 0.5) is 8.78 Å². The van der Waals surface area contributed by atoms with E-state index in [9.17, 15) is 8.78 Å². The maximum absolute atomic E-state index is 13.4. The first-order valence-corrected chi connectivity index (χ1v) is 9.79. The summed E-state index contributed by atoms with van der Waals surface area (Å²) < 4.78 is 26.8. The molecule has 1 aromatic rings. The summed E-state index contributed by atoms with van der Waals surface area (Å²) in [6.45, 7) is 2.18. The summed E-state index contributed by atoms with van der Waals surface area (Å²) >= 11 is 0. The lowest BCUT2D eigenvalue weighted by molar-refractivity contribution is 0.215. The molecule has 0 spiro atoms. The van der Waals surface area contributed by atoms with Gasteiger partial charge >= 0.3 is 0 Å². The molecule has 2 aliphatic rings. The van der Waals surface area contributed by atoms with Gasteiger partial charge in [0.25, 0.3) is 0 Å². The lowest BCUT2D eigenvalue weighted by Crippen LogP contribution is -2.22. The third-order valence-corrected chi connectivity index (χ3v) is 5.80. The van der Waals surface area contributed by atoms with Crippen LogP contribution in [-0.4, -0.2) is 0 Å². The van der Waals surface area contributed by atoms with Gasteiger partial charge in [-0.2, -0.15) is 0 Å². The number of hydrogen-bond donors (Lipinski definition) is 0. The van der Waals surface area contributed by atoms with E-state index < -0.39 is 11.6 Å². The quantitative estimate of drug-likeness (QED) is 0.532. The Morgan fingerprint density at radius 2 is 1.68 bits per heavy atom. The van der Waals surface area contributed by atoms with E-state index in [1.165, 1.54) is 37.8 Å². The van der Waals surface area contributed by atoms with Gasteiger partial charge in [0, 0.05) is 18.4 Å². The van der Waals surface area contributed by atoms with E-state index in [0.717, 1.165) is 55.6 Å². The minimum absolute atomic E-state index is 0.486. The van der Waals surface area contributed by atoms with Crippen LogP contribution in [0.3, 0.4) is 0 Å². The van der Waals surface area contributed by atoms with Gasteiger partial charge in [-0.3, -0.25) is 0 Å². The molecule has 1 unspecified atom stereocenters. The number of benzene rings is 1. The predicted octanol–water partition coefficient (Wildman–Crippen LogP) is 6.76. The SMILES string of the molecule is CCCC#CC1CCC(C2CC=C(c3cc(F)cc(F)c3)CC2)CC1. The molecule has 25 heavy (non-hydrogen) atoms. The van der Waals surface area contributed by atoms with Gasteiger partial charge in [-0.1, -0.05) is 18.9 Å². The molecular formula is C23H28F2. The second-order valence-electron chi connectivity index (χ2n) is 7.60. The molecule has 1 aromatic carbocycles. The van der Waals surface area contributed by atoms with E-state index >= 15 is 0 Å². The molecular weight excluding hydrogens is 314 g/mol. The van der Waals surface area contributed by atoms with Crippen molar-refractivity contribution in [2.75, 3.05) is 0 Å². The largest absolute Gasteiger partial charge is 0.207 e. The summed E-state index contributed by atoms with van der Waals surface area (Å²) in [5.41, 5.74) is 1.82. The van der Waals surface area contributed by atoms with Crippen molar-refractivity contribution in [3.05, 3.63) is 41.5 Å². The Bertz CT molecular complexity index is 649. The number of unbranched alkanes of at least 4 members (excludes halogenated alkanes) is 1. The highest BCUT2D eigenvalue weighted by Crippen LogP contribution is 2.41. The topological polar surface area (TPSA) is 0 Å². The minimum atomic E-state index is -0.486. The van der Waals surface area contributed by atoms with Crippen LogP contribution in [-0.2, 0) is 0 Å². The van der Waals surface area contributed by atoms with Crippen LogP contribution < -0.4 is 0 Å². The molecule has 0 heterocycles. The van der Waals surface area contributed by atoms with E-state index in [-0.39, 0.29) is 0 Å². The van der Waals surface area contributed by atoms with Gasteiger partial charge in [0.05, 0.1) is 0 Å². The molecule has 0 nitrogen and oxygen atoms in total. The fourth-order valence-electron chi connectivity index (χ4n) is 4.36. The van der Waals surface area contributed by atoms with Crippen molar-refractivity contribution in [2.24, 2.45) is 17.8 Å². The Morgan fingerprint density at radius 3 is 2.28 bits per heavy atom. The van der Waals surface area contributed by atoms with Crippen LogP contribution in [0, 0.1) is 41.2 Å². The van der Waals surface area contributed by atoms with Crippen LogP contribution in [0.1, 0.15) is 70.3 Å². The maximum Gasteiger partial charge on any atom is 0.126 e. The molecule has 0 radical (unpaired) electrons. The highest BCUT2D eigenvalue weighted by atomic mass is 19.1. The summed E-state index contributed by atoms with van der Waals surface area (Å²) in [6.07, 6.45) is 12.6. The van der Waals surface area contributed by atoms with Crippen molar-refractivity contribution in [2.45, 2.75) is 64.7 Å². The normalized spacial score (nSPS) is 26.5. The van der Waals surface area contributed by atoms with E-state index in [2.05, 4.69) is 24.8 Å². The van der Waals surface area contributed by atoms with Gasteiger partial charge < -0.3 is 0 Å². The molecule has 1 fully saturated rings. The first-order valence-electron chi connectivity index (χ1n) is 9.79. The Labute approximate surface area is 150 Å². The Kier molecular flexibility index (Phi) is 6.29. The first kappa shape index (κ1) is 18.2. The Morgan fingerprint density at radius 1 is 0.960 bits per heavy atom. The molecule has 0 aliphatic heterocycles. The number of rotatable bonds is 3. The van der Waals surface area contributed by atoms with Gasteiger partial charge in [-0.05, 0) is 86.5 Å². The Hall–Kier alpha value is -1.62. The van der Waals surface area contributed by atoms with E-state index in [0.29, 0.717) is 11.5 Å². The number of hydrogen-bond acceptors (Lipinski definition) is 0. The number of allylic oxidation sites excluding steroid dienone is 2. The lowest BCUT2D eigenvalue weighted by atomic mass is 9.71. The summed E-state index contributed by atoms with van der Waals surface area (Å²) in [4.78, 5) is 0. The summed E-state index contributed by atoms with van der Waals surface area (Å²) in [7, 11) is 0. The third kappa shape index (κ3) is 4.94. The zero-order valence-corrected chi connectivity index (χ0v) is 15.2. The van der Waals surface area contributed by atoms with Crippen molar-refractivity contribution in [3.63, 3.8) is 0 Å². The van der Waals surface area contributed by atoms with E-state index in [1.807, 2.05) is 0 Å². The lowest BCUT2D eigenvalue weighted by Gasteiger charge is -2.34. The molecule has 2 heteroatoms. The molecule has 0 bridgehead atoms. The van der Waals surface area contributed by atoms with Gasteiger partial charge in [0.1, 0.15) is 11.6 Å². The minimum Gasteiger partial charge on any atom is -0.207 e. The van der Waals surface area contributed by atoms with Crippen molar-refractivity contribution < 1.29 is 8.78 Å². The number of halogens is 2. The first-order chi connectivity index (χ1) is 12.2. The molecule has 3 rings (SSSR count). The molecule has 0 saturated heterocycles. The Balaban J connectivity index is 1.54.